The molecule has 1 fully saturated rings. The molecule has 0 aliphatic carbocycles. The molecule has 0 bridgehead atoms. The summed E-state index contributed by atoms with van der Waals surface area (Å²) in [5, 5.41) is 8.69. The number of carbonyl (C=O) groups is 2. The quantitative estimate of drug-likeness (QED) is 0.643. The zero-order valence-corrected chi connectivity index (χ0v) is 15.6. The van der Waals surface area contributed by atoms with Gasteiger partial charge in [0.1, 0.15) is 0 Å². The highest BCUT2D eigenvalue weighted by Crippen LogP contribution is 2.21. The summed E-state index contributed by atoms with van der Waals surface area (Å²) in [7, 11) is 0. The number of nitrogens with one attached hydrogen (secondary N) is 1. The molecule has 2 atom stereocenters. The minimum Gasteiger partial charge on any atom is -0.331 e. The summed E-state index contributed by atoms with van der Waals surface area (Å²) in [4.78, 5) is 28.6. The highest BCUT2D eigenvalue weighted by atomic mass is 16.5. The van der Waals surface area contributed by atoms with Gasteiger partial charge < -0.3 is 4.90 Å². The summed E-state index contributed by atoms with van der Waals surface area (Å²) in [5.74, 6) is -0.438. The third-order valence-electron chi connectivity index (χ3n) is 4.97. The SMILES string of the molecule is CC1CN(Cc2ccc(C(=O)NO)cc2)CC(C)N1C(=O)c1ccccc1. The highest BCUT2D eigenvalue weighted by molar-refractivity contribution is 5.94. The second kappa shape index (κ2) is 8.33. The van der Waals surface area contributed by atoms with Crippen LogP contribution in [0, 0.1) is 0 Å². The fraction of sp³-hybridized carbons (Fsp3) is 0.333. The molecule has 2 N–H and O–H groups in total. The van der Waals surface area contributed by atoms with E-state index >= 15 is 0 Å². The van der Waals surface area contributed by atoms with Gasteiger partial charge in [0, 0.05) is 42.8 Å². The van der Waals surface area contributed by atoms with Crippen molar-refractivity contribution in [2.75, 3.05) is 13.1 Å². The minimum absolute atomic E-state index is 0.0784. The molecule has 0 aromatic heterocycles. The Morgan fingerprint density at radius 3 is 2.11 bits per heavy atom. The third-order valence-corrected chi connectivity index (χ3v) is 4.97. The van der Waals surface area contributed by atoms with Gasteiger partial charge in [0.15, 0.2) is 0 Å². The zero-order chi connectivity index (χ0) is 19.4. The fourth-order valence-electron chi connectivity index (χ4n) is 3.78. The largest absolute Gasteiger partial charge is 0.331 e. The van der Waals surface area contributed by atoms with E-state index in [0.717, 1.165) is 30.8 Å². The Hall–Kier alpha value is -2.70. The smallest absolute Gasteiger partial charge is 0.274 e. The Bertz CT molecular complexity index is 780. The normalized spacial score (nSPS) is 20.3. The van der Waals surface area contributed by atoms with Gasteiger partial charge in [-0.1, -0.05) is 30.3 Å². The average Bonchev–Trinajstić information content (AvgIpc) is 2.68. The number of hydrogen-bond donors (Lipinski definition) is 2. The molecule has 2 unspecified atom stereocenters. The second-order valence-corrected chi connectivity index (χ2v) is 7.11. The van der Waals surface area contributed by atoms with Crippen molar-refractivity contribution in [3.63, 3.8) is 0 Å². The van der Waals surface area contributed by atoms with E-state index in [1.807, 2.05) is 47.4 Å². The van der Waals surface area contributed by atoms with Crippen molar-refractivity contribution in [2.45, 2.75) is 32.5 Å². The number of hydroxylamine groups is 1. The lowest BCUT2D eigenvalue weighted by molar-refractivity contribution is 0.0268. The molecular weight excluding hydrogens is 342 g/mol. The predicted molar refractivity (Wildman–Crippen MR) is 103 cm³/mol. The van der Waals surface area contributed by atoms with Gasteiger partial charge in [-0.2, -0.15) is 0 Å². The third kappa shape index (κ3) is 4.35. The van der Waals surface area contributed by atoms with Crippen molar-refractivity contribution in [2.24, 2.45) is 0 Å². The van der Waals surface area contributed by atoms with Gasteiger partial charge in [0.25, 0.3) is 11.8 Å². The summed E-state index contributed by atoms with van der Waals surface area (Å²) in [6.45, 7) is 6.50. The molecule has 2 amide bonds. The van der Waals surface area contributed by atoms with Crippen LogP contribution in [0.15, 0.2) is 54.6 Å². The maximum Gasteiger partial charge on any atom is 0.274 e. The lowest BCUT2D eigenvalue weighted by atomic mass is 10.0. The van der Waals surface area contributed by atoms with Gasteiger partial charge in [0.05, 0.1) is 0 Å². The van der Waals surface area contributed by atoms with Crippen LogP contribution in [-0.2, 0) is 6.54 Å². The molecule has 6 heteroatoms. The monoisotopic (exact) mass is 367 g/mol. The van der Waals surface area contributed by atoms with Crippen LogP contribution in [0.1, 0.15) is 40.1 Å². The summed E-state index contributed by atoms with van der Waals surface area (Å²) < 4.78 is 0. The van der Waals surface area contributed by atoms with Crippen molar-refractivity contribution in [1.82, 2.24) is 15.3 Å². The number of rotatable bonds is 4. The number of carbonyl (C=O) groups excluding carboxylic acids is 2. The summed E-state index contributed by atoms with van der Waals surface area (Å²) in [5.41, 5.74) is 3.87. The van der Waals surface area contributed by atoms with E-state index in [4.69, 9.17) is 5.21 Å². The lowest BCUT2D eigenvalue weighted by Crippen LogP contribution is -2.58. The van der Waals surface area contributed by atoms with Crippen LogP contribution in [-0.4, -0.2) is 52.0 Å². The Kier molecular flexibility index (Phi) is 5.88. The molecule has 1 heterocycles. The van der Waals surface area contributed by atoms with Gasteiger partial charge in [0.2, 0.25) is 0 Å². The lowest BCUT2D eigenvalue weighted by Gasteiger charge is -2.44. The van der Waals surface area contributed by atoms with Crippen LogP contribution in [0.2, 0.25) is 0 Å². The molecule has 27 heavy (non-hydrogen) atoms. The molecule has 6 nitrogen and oxygen atoms in total. The Balaban J connectivity index is 1.65. The minimum atomic E-state index is -0.517. The molecule has 2 aromatic rings. The van der Waals surface area contributed by atoms with Crippen molar-refractivity contribution in [3.05, 3.63) is 71.3 Å². The summed E-state index contributed by atoms with van der Waals surface area (Å²) in [6, 6.07) is 16.8. The van der Waals surface area contributed by atoms with Crippen LogP contribution in [0.4, 0.5) is 0 Å². The topological polar surface area (TPSA) is 72.9 Å². The van der Waals surface area contributed by atoms with E-state index < -0.39 is 5.91 Å². The van der Waals surface area contributed by atoms with E-state index in [0.29, 0.717) is 5.56 Å². The zero-order valence-electron chi connectivity index (χ0n) is 15.6. The van der Waals surface area contributed by atoms with Crippen molar-refractivity contribution < 1.29 is 14.8 Å². The van der Waals surface area contributed by atoms with E-state index in [1.54, 1.807) is 17.6 Å². The summed E-state index contributed by atoms with van der Waals surface area (Å²) in [6.07, 6.45) is 0. The second-order valence-electron chi connectivity index (χ2n) is 7.11. The predicted octanol–water partition coefficient (Wildman–Crippen LogP) is 2.54. The van der Waals surface area contributed by atoms with Gasteiger partial charge in [-0.05, 0) is 43.7 Å². The average molecular weight is 367 g/mol. The number of nitrogens with zero attached hydrogens (tertiary/aromatic N) is 2. The summed E-state index contributed by atoms with van der Waals surface area (Å²) >= 11 is 0. The fourth-order valence-corrected chi connectivity index (χ4v) is 3.78. The molecule has 1 saturated heterocycles. The highest BCUT2D eigenvalue weighted by Gasteiger charge is 2.33. The first-order valence-corrected chi connectivity index (χ1v) is 9.13. The Labute approximate surface area is 159 Å². The van der Waals surface area contributed by atoms with E-state index in [9.17, 15) is 9.59 Å². The maximum absolute atomic E-state index is 12.9. The van der Waals surface area contributed by atoms with Gasteiger partial charge in [-0.15, -0.1) is 0 Å². The van der Waals surface area contributed by atoms with Crippen molar-refractivity contribution in [1.29, 1.82) is 0 Å². The standard InChI is InChI=1S/C21H25N3O3/c1-15-12-23(14-17-8-10-18(11-9-17)20(25)22-27)13-16(2)24(15)21(26)19-6-4-3-5-7-19/h3-11,15-16,27H,12-14H2,1-2H3,(H,22,25). The maximum atomic E-state index is 12.9. The van der Waals surface area contributed by atoms with Crippen LogP contribution in [0.5, 0.6) is 0 Å². The van der Waals surface area contributed by atoms with Gasteiger partial charge in [-0.25, -0.2) is 5.48 Å². The molecule has 0 saturated carbocycles. The molecule has 1 aliphatic rings. The molecule has 0 spiro atoms. The van der Waals surface area contributed by atoms with Crippen molar-refractivity contribution >= 4 is 11.8 Å². The molecule has 0 radical (unpaired) electrons. The molecule has 142 valence electrons. The molecule has 2 aromatic carbocycles. The van der Waals surface area contributed by atoms with Gasteiger partial charge in [-0.3, -0.25) is 19.7 Å². The van der Waals surface area contributed by atoms with Crippen LogP contribution < -0.4 is 5.48 Å². The van der Waals surface area contributed by atoms with Crippen LogP contribution >= 0.6 is 0 Å². The van der Waals surface area contributed by atoms with Crippen LogP contribution in [0.25, 0.3) is 0 Å². The van der Waals surface area contributed by atoms with E-state index in [2.05, 4.69) is 18.7 Å². The number of benzene rings is 2. The van der Waals surface area contributed by atoms with E-state index in [-0.39, 0.29) is 18.0 Å². The van der Waals surface area contributed by atoms with Gasteiger partial charge >= 0.3 is 0 Å². The molecular formula is C21H25N3O3. The Morgan fingerprint density at radius 1 is 0.963 bits per heavy atom. The van der Waals surface area contributed by atoms with Crippen LogP contribution in [0.3, 0.4) is 0 Å². The molecule has 1 aliphatic heterocycles. The Morgan fingerprint density at radius 2 is 1.56 bits per heavy atom. The van der Waals surface area contributed by atoms with E-state index in [1.165, 1.54) is 0 Å². The first-order chi connectivity index (χ1) is 13.0. The number of amides is 2. The number of piperazine rings is 1. The first kappa shape index (κ1) is 19.1. The number of hydrogen-bond acceptors (Lipinski definition) is 4. The molecule has 3 rings (SSSR count). The van der Waals surface area contributed by atoms with Crippen molar-refractivity contribution in [3.8, 4) is 0 Å². The first-order valence-electron chi connectivity index (χ1n) is 9.13.